The number of phenols is 1. The fourth-order valence-corrected chi connectivity index (χ4v) is 3.97. The van der Waals surface area contributed by atoms with E-state index in [2.05, 4.69) is 20.6 Å². The van der Waals surface area contributed by atoms with Gasteiger partial charge in [-0.2, -0.15) is 0 Å². The number of aromatic hydroxyl groups is 1. The average Bonchev–Trinajstić information content (AvgIpc) is 2.79. The van der Waals surface area contributed by atoms with Gasteiger partial charge in [0.2, 0.25) is 0 Å². The molecule has 0 aliphatic rings. The van der Waals surface area contributed by atoms with Crippen LogP contribution in [0.25, 0.3) is 22.2 Å². The summed E-state index contributed by atoms with van der Waals surface area (Å²) in [4.78, 5) is 21.1. The van der Waals surface area contributed by atoms with Gasteiger partial charge in [0.1, 0.15) is 0 Å². The van der Waals surface area contributed by atoms with E-state index >= 15 is 0 Å². The van der Waals surface area contributed by atoms with Gasteiger partial charge in [-0.15, -0.1) is 0 Å². The van der Waals surface area contributed by atoms with Crippen LogP contribution in [-0.2, 0) is 6.42 Å². The number of urea groups is 1. The van der Waals surface area contributed by atoms with Gasteiger partial charge in [-0.05, 0) is 59.5 Å². The maximum absolute atomic E-state index is 12.3. The molecule has 0 saturated heterocycles. The topological polar surface area (TPSA) is 87.1 Å². The number of anilines is 1. The van der Waals surface area contributed by atoms with Gasteiger partial charge in [-0.1, -0.05) is 58.5 Å². The first-order valence-electron chi connectivity index (χ1n) is 9.74. The largest absolute Gasteiger partial charge is 0.505 e. The highest BCUT2D eigenvalue weighted by Gasteiger charge is 2.10. The molecule has 0 aliphatic heterocycles. The zero-order valence-electron chi connectivity index (χ0n) is 16.9. The van der Waals surface area contributed by atoms with Crippen molar-refractivity contribution >= 4 is 69.3 Å². The minimum atomic E-state index is -0.406. The molecular weight excluding hydrogens is 506 g/mol. The number of fused-ring (bicyclic) bond motifs is 1. The Morgan fingerprint density at radius 1 is 0.848 bits per heavy atom. The smallest absolute Gasteiger partial charge is 0.320 e. The zero-order valence-corrected chi connectivity index (χ0v) is 19.9. The highest BCUT2D eigenvalue weighted by Crippen LogP contribution is 2.36. The number of benzene rings is 3. The van der Waals surface area contributed by atoms with Gasteiger partial charge in [0.25, 0.3) is 0 Å². The predicted molar refractivity (Wildman–Crippen MR) is 134 cm³/mol. The van der Waals surface area contributed by atoms with E-state index in [4.69, 9.17) is 46.4 Å². The quantitative estimate of drug-likeness (QED) is 0.264. The van der Waals surface area contributed by atoms with Gasteiger partial charge in [-0.25, -0.2) is 9.78 Å². The summed E-state index contributed by atoms with van der Waals surface area (Å²) < 4.78 is 0. The number of rotatable bonds is 5. The molecule has 0 fully saturated rings. The summed E-state index contributed by atoms with van der Waals surface area (Å²) in [5, 5.41) is 16.5. The number of nitrogens with one attached hydrogen (secondary N) is 2. The Morgan fingerprint density at radius 3 is 2.33 bits per heavy atom. The van der Waals surface area contributed by atoms with Crippen molar-refractivity contribution in [3.8, 4) is 16.9 Å². The number of hydrogen-bond acceptors (Lipinski definition) is 4. The van der Waals surface area contributed by atoms with Crippen molar-refractivity contribution in [1.29, 1.82) is 0 Å². The van der Waals surface area contributed by atoms with Crippen molar-refractivity contribution in [3.63, 3.8) is 0 Å². The number of nitrogens with zero attached hydrogens (tertiary/aromatic N) is 2. The summed E-state index contributed by atoms with van der Waals surface area (Å²) >= 11 is 24.0. The molecule has 10 heteroatoms. The number of halogens is 4. The fraction of sp³-hybridized carbons (Fsp3) is 0.0870. The van der Waals surface area contributed by atoms with Crippen molar-refractivity contribution in [1.82, 2.24) is 15.3 Å². The van der Waals surface area contributed by atoms with Gasteiger partial charge >= 0.3 is 6.03 Å². The van der Waals surface area contributed by atoms with Crippen LogP contribution in [0.5, 0.6) is 5.75 Å². The van der Waals surface area contributed by atoms with E-state index in [-0.39, 0.29) is 15.8 Å². The Hall–Kier alpha value is -2.77. The monoisotopic (exact) mass is 520 g/mol. The van der Waals surface area contributed by atoms with E-state index in [1.54, 1.807) is 36.4 Å². The first-order chi connectivity index (χ1) is 15.8. The van der Waals surface area contributed by atoms with Gasteiger partial charge in [-0.3, -0.25) is 10.3 Å². The zero-order chi connectivity index (χ0) is 23.5. The molecule has 0 atom stereocenters. The lowest BCUT2D eigenvalue weighted by Gasteiger charge is -2.09. The molecule has 6 nitrogen and oxygen atoms in total. The summed E-state index contributed by atoms with van der Waals surface area (Å²) in [6.45, 7) is 0.400. The van der Waals surface area contributed by atoms with Crippen molar-refractivity contribution in [2.24, 2.45) is 0 Å². The van der Waals surface area contributed by atoms with Gasteiger partial charge in [0.05, 0.1) is 37.3 Å². The SMILES string of the molecule is O=C(NCCc1ccc(Cl)c(Cl)c1)Nc1cnc2ccc(-c3cc(Cl)c(O)c(Cl)c3)cc2n1. The van der Waals surface area contributed by atoms with Crippen LogP contribution in [0.2, 0.25) is 20.1 Å². The van der Waals surface area contributed by atoms with Crippen LogP contribution in [0.3, 0.4) is 0 Å². The summed E-state index contributed by atoms with van der Waals surface area (Å²) in [6, 6.07) is 13.6. The summed E-state index contributed by atoms with van der Waals surface area (Å²) in [5.41, 5.74) is 3.67. The first kappa shape index (κ1) is 23.4. The second-order valence-corrected chi connectivity index (χ2v) is 8.76. The van der Waals surface area contributed by atoms with E-state index in [1.165, 1.54) is 6.20 Å². The van der Waals surface area contributed by atoms with E-state index in [0.29, 0.717) is 45.4 Å². The van der Waals surface area contributed by atoms with E-state index in [9.17, 15) is 9.90 Å². The van der Waals surface area contributed by atoms with Crippen molar-refractivity contribution < 1.29 is 9.90 Å². The molecule has 0 bridgehead atoms. The molecule has 4 rings (SSSR count). The molecular formula is C23H16Cl4N4O2. The molecule has 0 aliphatic carbocycles. The lowest BCUT2D eigenvalue weighted by Crippen LogP contribution is -2.30. The minimum absolute atomic E-state index is 0.150. The summed E-state index contributed by atoms with van der Waals surface area (Å²) in [6.07, 6.45) is 2.07. The van der Waals surface area contributed by atoms with Crippen LogP contribution in [0, 0.1) is 0 Å². The number of aromatic nitrogens is 2. The number of phenolic OH excluding ortho intramolecular Hbond substituents is 1. The highest BCUT2D eigenvalue weighted by atomic mass is 35.5. The average molecular weight is 522 g/mol. The van der Waals surface area contributed by atoms with Crippen LogP contribution >= 0.6 is 46.4 Å². The molecule has 0 radical (unpaired) electrons. The Kier molecular flexibility index (Phi) is 7.10. The molecule has 0 unspecified atom stereocenters. The fourth-order valence-electron chi connectivity index (χ4n) is 3.16. The standard InChI is InChI=1S/C23H16Cl4N4O2/c24-15-3-1-12(7-16(15)25)5-6-28-23(33)31-21-11-29-19-4-2-13(10-20(19)30-21)14-8-17(26)22(32)18(27)9-14/h1-4,7-11,32H,5-6H2,(H2,28,30,31,33). The summed E-state index contributed by atoms with van der Waals surface area (Å²) in [5.74, 6) is 0.132. The lowest BCUT2D eigenvalue weighted by molar-refractivity contribution is 0.252. The maximum atomic E-state index is 12.3. The van der Waals surface area contributed by atoms with Crippen LogP contribution in [0.15, 0.2) is 54.7 Å². The number of carbonyl (C=O) groups is 1. The third-order valence-electron chi connectivity index (χ3n) is 4.82. The second kappa shape index (κ2) is 10.0. The Morgan fingerprint density at radius 2 is 1.61 bits per heavy atom. The maximum Gasteiger partial charge on any atom is 0.320 e. The van der Waals surface area contributed by atoms with Crippen molar-refractivity contribution in [3.05, 3.63) is 80.4 Å². The molecule has 1 heterocycles. The lowest BCUT2D eigenvalue weighted by atomic mass is 10.0. The van der Waals surface area contributed by atoms with Gasteiger partial charge in [0.15, 0.2) is 11.6 Å². The first-order valence-corrected chi connectivity index (χ1v) is 11.3. The molecule has 168 valence electrons. The third-order valence-corrected chi connectivity index (χ3v) is 6.13. The third kappa shape index (κ3) is 5.60. The molecule has 1 aromatic heterocycles. The van der Waals surface area contributed by atoms with Crippen molar-refractivity contribution in [2.75, 3.05) is 11.9 Å². The van der Waals surface area contributed by atoms with Gasteiger partial charge in [0, 0.05) is 6.54 Å². The second-order valence-electron chi connectivity index (χ2n) is 7.13. The van der Waals surface area contributed by atoms with Crippen LogP contribution in [0.1, 0.15) is 5.56 Å². The Balaban J connectivity index is 1.44. The number of hydrogen-bond donors (Lipinski definition) is 3. The minimum Gasteiger partial charge on any atom is -0.505 e. The molecule has 0 saturated carbocycles. The molecule has 0 spiro atoms. The molecule has 33 heavy (non-hydrogen) atoms. The van der Waals surface area contributed by atoms with E-state index in [1.807, 2.05) is 12.1 Å². The van der Waals surface area contributed by atoms with Crippen LogP contribution in [-0.4, -0.2) is 27.7 Å². The molecule has 4 aromatic rings. The normalized spacial score (nSPS) is 10.9. The van der Waals surface area contributed by atoms with E-state index < -0.39 is 6.03 Å². The van der Waals surface area contributed by atoms with E-state index in [0.717, 1.165) is 11.1 Å². The van der Waals surface area contributed by atoms with Gasteiger partial charge < -0.3 is 10.4 Å². The molecule has 3 aromatic carbocycles. The van der Waals surface area contributed by atoms with Crippen LogP contribution < -0.4 is 10.6 Å². The predicted octanol–water partition coefficient (Wildman–Crippen LogP) is 6.98. The number of amides is 2. The van der Waals surface area contributed by atoms with Crippen LogP contribution in [0.4, 0.5) is 10.6 Å². The Labute approximate surface area is 209 Å². The molecule has 2 amide bonds. The summed E-state index contributed by atoms with van der Waals surface area (Å²) in [7, 11) is 0. The molecule has 3 N–H and O–H groups in total. The highest BCUT2D eigenvalue weighted by molar-refractivity contribution is 6.42. The number of carbonyl (C=O) groups excluding carboxylic acids is 1. The van der Waals surface area contributed by atoms with Crippen molar-refractivity contribution in [2.45, 2.75) is 6.42 Å². The Bertz CT molecular complexity index is 1340.